The summed E-state index contributed by atoms with van der Waals surface area (Å²) in [5.41, 5.74) is 0.929. The van der Waals surface area contributed by atoms with E-state index in [1.165, 1.54) is 12.2 Å². The first-order valence-corrected chi connectivity index (χ1v) is 7.74. The topological polar surface area (TPSA) is 66.8 Å². The predicted octanol–water partition coefficient (Wildman–Crippen LogP) is 4.34. The molecule has 1 atom stereocenters. The van der Waals surface area contributed by atoms with Gasteiger partial charge in [0, 0.05) is 18.4 Å². The van der Waals surface area contributed by atoms with E-state index >= 15 is 0 Å². The van der Waals surface area contributed by atoms with E-state index in [9.17, 15) is 15.0 Å². The highest BCUT2D eigenvalue weighted by Gasteiger charge is 2.13. The van der Waals surface area contributed by atoms with E-state index < -0.39 is 5.97 Å². The highest BCUT2D eigenvalue weighted by Crippen LogP contribution is 2.21. The first-order chi connectivity index (χ1) is 11.6. The highest BCUT2D eigenvalue weighted by atomic mass is 16.5. The maximum absolute atomic E-state index is 11.8. The van der Waals surface area contributed by atoms with E-state index in [1.807, 2.05) is 42.5 Å². The Bertz CT molecular complexity index is 846. The van der Waals surface area contributed by atoms with Crippen molar-refractivity contribution in [2.45, 2.75) is 13.0 Å². The van der Waals surface area contributed by atoms with Crippen LogP contribution in [0.15, 0.2) is 78.3 Å². The molecule has 0 bridgehead atoms. The number of fused-ring (bicyclic) bond motifs is 1. The molecule has 1 aliphatic rings. The second kappa shape index (κ2) is 7.04. The van der Waals surface area contributed by atoms with E-state index in [-0.39, 0.29) is 30.5 Å². The zero-order valence-electron chi connectivity index (χ0n) is 13.1. The van der Waals surface area contributed by atoms with Crippen LogP contribution in [0.2, 0.25) is 0 Å². The minimum atomic E-state index is -0.435. The number of hydrogen-bond acceptors (Lipinski definition) is 4. The number of allylic oxidation sites excluding steroid dienone is 4. The predicted molar refractivity (Wildman–Crippen MR) is 92.4 cm³/mol. The molecule has 0 saturated carbocycles. The maximum Gasteiger partial charge on any atom is 0.330 e. The minimum Gasteiger partial charge on any atom is -0.508 e. The van der Waals surface area contributed by atoms with Gasteiger partial charge in [-0.3, -0.25) is 0 Å². The van der Waals surface area contributed by atoms with Crippen LogP contribution < -0.4 is 0 Å². The molecule has 4 nitrogen and oxygen atoms in total. The molecular formula is C20H18O4. The van der Waals surface area contributed by atoms with Crippen molar-refractivity contribution in [3.8, 4) is 0 Å². The Morgan fingerprint density at radius 2 is 1.96 bits per heavy atom. The molecule has 0 heterocycles. The van der Waals surface area contributed by atoms with Crippen LogP contribution in [0, 0.1) is 5.92 Å². The van der Waals surface area contributed by atoms with E-state index in [0.717, 1.165) is 16.3 Å². The molecule has 0 radical (unpaired) electrons. The van der Waals surface area contributed by atoms with Gasteiger partial charge in [0.05, 0.1) is 0 Å². The molecule has 0 saturated heterocycles. The summed E-state index contributed by atoms with van der Waals surface area (Å²) in [6.07, 6.45) is 6.43. The molecule has 4 heteroatoms. The number of carbonyl (C=O) groups is 1. The average Bonchev–Trinajstić information content (AvgIpc) is 2.60. The van der Waals surface area contributed by atoms with Crippen LogP contribution in [-0.2, 0) is 16.1 Å². The first kappa shape index (κ1) is 15.9. The number of aliphatic hydroxyl groups is 2. The molecule has 0 spiro atoms. The Kier molecular flexibility index (Phi) is 4.66. The Labute approximate surface area is 140 Å². The Hall–Kier alpha value is -3.01. The van der Waals surface area contributed by atoms with Gasteiger partial charge in [-0.15, -0.1) is 0 Å². The van der Waals surface area contributed by atoms with Crippen LogP contribution in [0.3, 0.4) is 0 Å². The molecule has 1 unspecified atom stereocenters. The van der Waals surface area contributed by atoms with Gasteiger partial charge in [0.25, 0.3) is 0 Å². The number of rotatable bonds is 4. The number of ether oxygens (including phenoxy) is 1. The van der Waals surface area contributed by atoms with Crippen LogP contribution in [-0.4, -0.2) is 16.2 Å². The minimum absolute atomic E-state index is 0.0725. The summed E-state index contributed by atoms with van der Waals surface area (Å²) in [6.45, 7) is 0.209. The molecule has 0 fully saturated rings. The second-order valence-corrected chi connectivity index (χ2v) is 5.71. The molecule has 3 rings (SSSR count). The quantitative estimate of drug-likeness (QED) is 0.649. The van der Waals surface area contributed by atoms with Gasteiger partial charge < -0.3 is 14.9 Å². The van der Waals surface area contributed by atoms with Crippen molar-refractivity contribution < 1.29 is 19.7 Å². The van der Waals surface area contributed by atoms with Crippen molar-refractivity contribution in [3.63, 3.8) is 0 Å². The van der Waals surface area contributed by atoms with Gasteiger partial charge >= 0.3 is 5.97 Å². The van der Waals surface area contributed by atoms with Gasteiger partial charge in [0.1, 0.15) is 12.4 Å². The highest BCUT2D eigenvalue weighted by molar-refractivity contribution is 5.83. The molecule has 2 N–H and O–H groups in total. The van der Waals surface area contributed by atoms with Crippen LogP contribution in [0.5, 0.6) is 0 Å². The number of carbonyl (C=O) groups excluding carboxylic acids is 1. The fourth-order valence-electron chi connectivity index (χ4n) is 2.57. The largest absolute Gasteiger partial charge is 0.508 e. The van der Waals surface area contributed by atoms with Crippen LogP contribution >= 0.6 is 0 Å². The number of aliphatic hydroxyl groups excluding tert-OH is 2. The average molecular weight is 322 g/mol. The molecule has 0 amide bonds. The molecule has 122 valence electrons. The fourth-order valence-corrected chi connectivity index (χ4v) is 2.57. The van der Waals surface area contributed by atoms with Crippen molar-refractivity contribution in [1.82, 2.24) is 0 Å². The lowest BCUT2D eigenvalue weighted by molar-refractivity contribution is -0.139. The van der Waals surface area contributed by atoms with Crippen LogP contribution in [0.1, 0.15) is 12.0 Å². The van der Waals surface area contributed by atoms with Gasteiger partial charge in [-0.2, -0.15) is 0 Å². The van der Waals surface area contributed by atoms with Gasteiger partial charge in [-0.1, -0.05) is 48.6 Å². The lowest BCUT2D eigenvalue weighted by Gasteiger charge is -2.12. The summed E-state index contributed by atoms with van der Waals surface area (Å²) in [6, 6.07) is 14.0. The normalized spacial score (nSPS) is 17.6. The Balaban J connectivity index is 1.55. The lowest BCUT2D eigenvalue weighted by Crippen LogP contribution is -2.05. The molecule has 24 heavy (non-hydrogen) atoms. The van der Waals surface area contributed by atoms with E-state index in [2.05, 4.69) is 0 Å². The standard InChI is InChI=1S/C20H18O4/c21-18-9-6-14(12-19(18)22)7-10-20(23)24-13-15-5-8-16-3-1-2-4-17(16)11-15/h1-11,14,21-22H,12-13H2. The van der Waals surface area contributed by atoms with Crippen molar-refractivity contribution in [2.75, 3.05) is 0 Å². The Morgan fingerprint density at radius 3 is 2.75 bits per heavy atom. The molecular weight excluding hydrogens is 304 g/mol. The molecule has 1 aliphatic carbocycles. The first-order valence-electron chi connectivity index (χ1n) is 7.74. The third-order valence-electron chi connectivity index (χ3n) is 3.90. The van der Waals surface area contributed by atoms with Gasteiger partial charge in [-0.25, -0.2) is 4.79 Å². The monoisotopic (exact) mass is 322 g/mol. The summed E-state index contributed by atoms with van der Waals surface area (Å²) in [4.78, 5) is 11.8. The SMILES string of the molecule is O=C(C=CC1C=CC(O)=C(O)C1)OCc1ccc2ccccc2c1. The van der Waals surface area contributed by atoms with E-state index in [1.54, 1.807) is 12.2 Å². The smallest absolute Gasteiger partial charge is 0.330 e. The molecule has 0 aromatic heterocycles. The fraction of sp³-hybridized carbons (Fsp3) is 0.150. The summed E-state index contributed by atoms with van der Waals surface area (Å²) in [5.74, 6) is -0.765. The van der Waals surface area contributed by atoms with Gasteiger partial charge in [0.15, 0.2) is 5.76 Å². The van der Waals surface area contributed by atoms with Crippen molar-refractivity contribution in [1.29, 1.82) is 0 Å². The summed E-state index contributed by atoms with van der Waals surface area (Å²) in [7, 11) is 0. The zero-order chi connectivity index (χ0) is 16.9. The van der Waals surface area contributed by atoms with Crippen molar-refractivity contribution >= 4 is 16.7 Å². The molecule has 0 aliphatic heterocycles. The molecule has 2 aromatic carbocycles. The van der Waals surface area contributed by atoms with Gasteiger partial charge in [0.2, 0.25) is 0 Å². The molecule has 2 aromatic rings. The van der Waals surface area contributed by atoms with E-state index in [0.29, 0.717) is 0 Å². The van der Waals surface area contributed by atoms with Crippen LogP contribution in [0.25, 0.3) is 10.8 Å². The van der Waals surface area contributed by atoms with E-state index in [4.69, 9.17) is 4.74 Å². The summed E-state index contributed by atoms with van der Waals surface area (Å²) < 4.78 is 5.24. The number of hydrogen-bond donors (Lipinski definition) is 2. The van der Waals surface area contributed by atoms with Crippen LogP contribution in [0.4, 0.5) is 0 Å². The third kappa shape index (κ3) is 3.84. The third-order valence-corrected chi connectivity index (χ3v) is 3.90. The summed E-state index contributed by atoms with van der Waals surface area (Å²) >= 11 is 0. The zero-order valence-corrected chi connectivity index (χ0v) is 13.1. The van der Waals surface area contributed by atoms with Crippen molar-refractivity contribution in [2.24, 2.45) is 5.92 Å². The maximum atomic E-state index is 11.8. The number of esters is 1. The summed E-state index contributed by atoms with van der Waals surface area (Å²) in [5, 5.41) is 21.0. The van der Waals surface area contributed by atoms with Crippen molar-refractivity contribution in [3.05, 3.63) is 83.9 Å². The lowest BCUT2D eigenvalue weighted by atomic mass is 9.98. The number of benzene rings is 2. The Morgan fingerprint density at radius 1 is 1.17 bits per heavy atom. The van der Waals surface area contributed by atoms with Gasteiger partial charge in [-0.05, 0) is 28.5 Å². The second-order valence-electron chi connectivity index (χ2n) is 5.71.